The number of aromatic amines is 1. The number of fused-ring (bicyclic) bond motifs is 1. The Hall–Kier alpha value is -2.66. The molecule has 6 heteroatoms. The number of ether oxygens (including phenoxy) is 1. The number of hydrogen-bond donors (Lipinski definition) is 1. The van der Waals surface area contributed by atoms with E-state index in [0.717, 1.165) is 23.0 Å². The van der Waals surface area contributed by atoms with Gasteiger partial charge in [0.2, 0.25) is 5.78 Å². The molecule has 0 amide bonds. The maximum Gasteiger partial charge on any atom is 0.340 e. The lowest BCUT2D eigenvalue weighted by Gasteiger charge is -2.13. The van der Waals surface area contributed by atoms with Crippen molar-refractivity contribution in [2.24, 2.45) is 0 Å². The Labute approximate surface area is 148 Å². The number of halogens is 2. The third-order valence-corrected chi connectivity index (χ3v) is 4.26. The Morgan fingerprint density at radius 3 is 2.64 bits per heavy atom. The van der Waals surface area contributed by atoms with E-state index in [0.29, 0.717) is 11.3 Å². The second kappa shape index (κ2) is 6.69. The van der Waals surface area contributed by atoms with E-state index < -0.39 is 17.9 Å². The summed E-state index contributed by atoms with van der Waals surface area (Å²) in [6, 6.07) is 10.8. The molecular formula is C19H15ClFNO3. The van der Waals surface area contributed by atoms with Crippen LogP contribution in [0.2, 0.25) is 5.02 Å². The van der Waals surface area contributed by atoms with Gasteiger partial charge in [-0.1, -0.05) is 29.8 Å². The molecule has 128 valence electrons. The van der Waals surface area contributed by atoms with Crippen LogP contribution in [-0.2, 0) is 4.74 Å². The SMILES string of the molecule is Cc1[nH]c2ccccc2c1C(=O)C(C)OC(=O)c1ccc(F)cc1Cl. The van der Waals surface area contributed by atoms with E-state index in [1.165, 1.54) is 13.0 Å². The van der Waals surface area contributed by atoms with E-state index in [2.05, 4.69) is 4.98 Å². The fourth-order valence-corrected chi connectivity index (χ4v) is 2.97. The van der Waals surface area contributed by atoms with Crippen LogP contribution < -0.4 is 0 Å². The first kappa shape index (κ1) is 17.2. The molecule has 1 atom stereocenters. The van der Waals surface area contributed by atoms with Crippen molar-refractivity contribution in [2.45, 2.75) is 20.0 Å². The van der Waals surface area contributed by atoms with Crippen molar-refractivity contribution >= 4 is 34.3 Å². The quantitative estimate of drug-likeness (QED) is 0.542. The summed E-state index contributed by atoms with van der Waals surface area (Å²) in [5.41, 5.74) is 2.04. The number of rotatable bonds is 4. The molecule has 0 spiro atoms. The fraction of sp³-hybridized carbons (Fsp3) is 0.158. The number of aryl methyl sites for hydroxylation is 1. The average molecular weight is 360 g/mol. The molecule has 1 unspecified atom stereocenters. The van der Waals surface area contributed by atoms with Crippen molar-refractivity contribution in [1.82, 2.24) is 4.98 Å². The zero-order valence-electron chi connectivity index (χ0n) is 13.6. The van der Waals surface area contributed by atoms with Gasteiger partial charge in [0.25, 0.3) is 0 Å². The zero-order valence-corrected chi connectivity index (χ0v) is 14.4. The Balaban J connectivity index is 1.85. The Morgan fingerprint density at radius 1 is 1.20 bits per heavy atom. The highest BCUT2D eigenvalue weighted by atomic mass is 35.5. The summed E-state index contributed by atoms with van der Waals surface area (Å²) in [4.78, 5) is 28.1. The number of Topliss-reactive ketones (excluding diaryl/α,β-unsaturated/α-hetero) is 1. The molecule has 4 nitrogen and oxygen atoms in total. The lowest BCUT2D eigenvalue weighted by Crippen LogP contribution is -2.25. The van der Waals surface area contributed by atoms with Crippen molar-refractivity contribution < 1.29 is 18.7 Å². The van der Waals surface area contributed by atoms with Gasteiger partial charge >= 0.3 is 5.97 Å². The molecule has 0 bridgehead atoms. The minimum Gasteiger partial charge on any atom is -0.451 e. The van der Waals surface area contributed by atoms with Crippen LogP contribution in [0.1, 0.15) is 33.3 Å². The van der Waals surface area contributed by atoms with Crippen LogP contribution >= 0.6 is 11.6 Å². The minimum absolute atomic E-state index is 0.0124. The second-order valence-corrected chi connectivity index (χ2v) is 6.11. The van der Waals surface area contributed by atoms with Gasteiger partial charge in [-0.25, -0.2) is 9.18 Å². The van der Waals surface area contributed by atoms with Crippen molar-refractivity contribution in [3.8, 4) is 0 Å². The highest BCUT2D eigenvalue weighted by Gasteiger charge is 2.25. The summed E-state index contributed by atoms with van der Waals surface area (Å²) in [5, 5.41) is 0.709. The number of carbonyl (C=O) groups excluding carboxylic acids is 2. The van der Waals surface area contributed by atoms with Gasteiger partial charge in [0, 0.05) is 22.2 Å². The van der Waals surface area contributed by atoms with Gasteiger partial charge in [-0.3, -0.25) is 4.79 Å². The maximum atomic E-state index is 13.1. The van der Waals surface area contributed by atoms with Crippen molar-refractivity contribution in [3.05, 3.63) is 70.1 Å². The molecule has 3 aromatic rings. The maximum absolute atomic E-state index is 13.1. The monoisotopic (exact) mass is 359 g/mol. The molecular weight excluding hydrogens is 345 g/mol. The molecule has 1 N–H and O–H groups in total. The number of ketones is 1. The first-order chi connectivity index (χ1) is 11.9. The number of nitrogens with one attached hydrogen (secondary N) is 1. The molecule has 2 aromatic carbocycles. The predicted molar refractivity (Wildman–Crippen MR) is 93.7 cm³/mol. The lowest BCUT2D eigenvalue weighted by atomic mass is 10.0. The molecule has 0 saturated carbocycles. The summed E-state index contributed by atoms with van der Waals surface area (Å²) in [6.45, 7) is 3.29. The molecule has 0 fully saturated rings. The van der Waals surface area contributed by atoms with Gasteiger partial charge < -0.3 is 9.72 Å². The fourth-order valence-electron chi connectivity index (χ4n) is 2.73. The van der Waals surface area contributed by atoms with Crippen molar-refractivity contribution in [2.75, 3.05) is 0 Å². The van der Waals surface area contributed by atoms with Crippen LogP contribution in [0, 0.1) is 12.7 Å². The molecule has 3 rings (SSSR count). The number of carbonyl (C=O) groups is 2. The summed E-state index contributed by atoms with van der Waals surface area (Å²) >= 11 is 5.86. The zero-order chi connectivity index (χ0) is 18.1. The predicted octanol–water partition coefficient (Wildman–Crippen LogP) is 4.70. The van der Waals surface area contributed by atoms with Gasteiger partial charge in [0.15, 0.2) is 6.10 Å². The average Bonchev–Trinajstić information content (AvgIpc) is 2.89. The topological polar surface area (TPSA) is 59.2 Å². The van der Waals surface area contributed by atoms with Crippen LogP contribution in [0.5, 0.6) is 0 Å². The van der Waals surface area contributed by atoms with Gasteiger partial charge in [-0.2, -0.15) is 0 Å². The molecule has 0 aliphatic rings. The summed E-state index contributed by atoms with van der Waals surface area (Å²) in [6.07, 6.45) is -1.01. The standard InChI is InChI=1S/C19H15ClFNO3/c1-10-17(14-5-3-4-6-16(14)22-10)18(23)11(2)25-19(24)13-8-7-12(21)9-15(13)20/h3-9,11,22H,1-2H3. The highest BCUT2D eigenvalue weighted by Crippen LogP contribution is 2.25. The van der Waals surface area contributed by atoms with E-state index in [1.54, 1.807) is 6.92 Å². The molecule has 0 aliphatic carbocycles. The largest absolute Gasteiger partial charge is 0.451 e. The number of para-hydroxylation sites is 1. The van der Waals surface area contributed by atoms with E-state index in [-0.39, 0.29) is 16.4 Å². The smallest absolute Gasteiger partial charge is 0.340 e. The molecule has 0 aliphatic heterocycles. The number of H-pyrrole nitrogens is 1. The van der Waals surface area contributed by atoms with Crippen molar-refractivity contribution in [1.29, 1.82) is 0 Å². The van der Waals surface area contributed by atoms with Crippen LogP contribution in [0.15, 0.2) is 42.5 Å². The Kier molecular flexibility index (Phi) is 4.59. The van der Waals surface area contributed by atoms with E-state index in [4.69, 9.17) is 16.3 Å². The molecule has 0 radical (unpaired) electrons. The number of benzene rings is 2. The molecule has 1 heterocycles. The van der Waals surface area contributed by atoms with Crippen LogP contribution in [0.25, 0.3) is 10.9 Å². The van der Waals surface area contributed by atoms with E-state index in [9.17, 15) is 14.0 Å². The number of hydrogen-bond acceptors (Lipinski definition) is 3. The second-order valence-electron chi connectivity index (χ2n) is 5.71. The van der Waals surface area contributed by atoms with Crippen LogP contribution in [0.4, 0.5) is 4.39 Å². The normalized spacial score (nSPS) is 12.2. The number of aromatic nitrogens is 1. The first-order valence-electron chi connectivity index (χ1n) is 7.66. The summed E-state index contributed by atoms with van der Waals surface area (Å²) in [7, 11) is 0. The summed E-state index contributed by atoms with van der Waals surface area (Å²) < 4.78 is 18.3. The molecule has 25 heavy (non-hydrogen) atoms. The molecule has 0 saturated heterocycles. The van der Waals surface area contributed by atoms with Gasteiger partial charge in [-0.15, -0.1) is 0 Å². The van der Waals surface area contributed by atoms with Crippen molar-refractivity contribution in [3.63, 3.8) is 0 Å². The van der Waals surface area contributed by atoms with Gasteiger partial charge in [0.05, 0.1) is 10.6 Å². The van der Waals surface area contributed by atoms with E-state index in [1.807, 2.05) is 24.3 Å². The van der Waals surface area contributed by atoms with Gasteiger partial charge in [0.1, 0.15) is 5.82 Å². The number of esters is 1. The first-order valence-corrected chi connectivity index (χ1v) is 8.04. The van der Waals surface area contributed by atoms with Crippen LogP contribution in [0.3, 0.4) is 0 Å². The van der Waals surface area contributed by atoms with Gasteiger partial charge in [-0.05, 0) is 38.1 Å². The van der Waals surface area contributed by atoms with Crippen LogP contribution in [-0.4, -0.2) is 22.8 Å². The summed E-state index contributed by atoms with van der Waals surface area (Å²) in [5.74, 6) is -1.65. The third kappa shape index (κ3) is 3.28. The van der Waals surface area contributed by atoms with E-state index >= 15 is 0 Å². The lowest BCUT2D eigenvalue weighted by molar-refractivity contribution is 0.0319. The Bertz CT molecular complexity index is 980. The third-order valence-electron chi connectivity index (χ3n) is 3.94. The Morgan fingerprint density at radius 2 is 1.92 bits per heavy atom. The molecule has 1 aromatic heterocycles. The highest BCUT2D eigenvalue weighted by molar-refractivity contribution is 6.33. The minimum atomic E-state index is -1.01.